The van der Waals surface area contributed by atoms with Gasteiger partial charge in [-0.05, 0) is 41.3 Å². The molecular weight excluding hydrogens is 442 g/mol. The van der Waals surface area contributed by atoms with Crippen molar-refractivity contribution in [2.24, 2.45) is 0 Å². The molecule has 0 N–H and O–H groups in total. The summed E-state index contributed by atoms with van der Waals surface area (Å²) in [4.78, 5) is 0.884. The first-order valence-corrected chi connectivity index (χ1v) is 12.1. The van der Waals surface area contributed by atoms with Crippen molar-refractivity contribution in [2.75, 3.05) is 7.11 Å². The van der Waals surface area contributed by atoms with E-state index in [-0.39, 0.29) is 11.5 Å². The Labute approximate surface area is 183 Å². The average Bonchev–Trinajstić information content (AvgIpc) is 3.39. The van der Waals surface area contributed by atoms with Gasteiger partial charge in [-0.2, -0.15) is 0 Å². The average molecular weight is 460 g/mol. The molecule has 0 aliphatic heterocycles. The summed E-state index contributed by atoms with van der Waals surface area (Å²) in [5, 5.41) is 11.0. The van der Waals surface area contributed by atoms with Gasteiger partial charge in [0.15, 0.2) is 21.5 Å². The number of rotatable bonds is 7. The molecular formula is C21H18ClN3O3S2. The number of benzene rings is 2. The molecule has 0 aliphatic carbocycles. The van der Waals surface area contributed by atoms with Crippen LogP contribution >= 0.6 is 22.9 Å². The number of ether oxygens (including phenoxy) is 1. The molecule has 4 rings (SSSR count). The van der Waals surface area contributed by atoms with Gasteiger partial charge in [0.05, 0.1) is 23.4 Å². The third-order valence-corrected chi connectivity index (χ3v) is 7.04. The number of hydrogen-bond acceptors (Lipinski definition) is 6. The quantitative estimate of drug-likeness (QED) is 0.398. The monoisotopic (exact) mass is 459 g/mol. The number of methoxy groups -OCH3 is 1. The van der Waals surface area contributed by atoms with Crippen LogP contribution in [0.1, 0.15) is 11.4 Å². The third-order valence-electron chi connectivity index (χ3n) is 4.45. The first-order chi connectivity index (χ1) is 14.5. The Kier molecular flexibility index (Phi) is 5.90. The predicted molar refractivity (Wildman–Crippen MR) is 119 cm³/mol. The van der Waals surface area contributed by atoms with E-state index in [1.165, 1.54) is 11.3 Å². The van der Waals surface area contributed by atoms with Crippen molar-refractivity contribution in [1.82, 2.24) is 14.8 Å². The van der Waals surface area contributed by atoms with Crippen LogP contribution in [0.2, 0.25) is 5.02 Å². The molecule has 0 unspecified atom stereocenters. The molecule has 154 valence electrons. The molecule has 0 saturated carbocycles. The first kappa shape index (κ1) is 20.6. The molecule has 0 bridgehead atoms. The Morgan fingerprint density at radius 1 is 1.00 bits per heavy atom. The zero-order valence-electron chi connectivity index (χ0n) is 16.0. The van der Waals surface area contributed by atoms with E-state index in [0.717, 1.165) is 4.88 Å². The first-order valence-electron chi connectivity index (χ1n) is 9.03. The minimum Gasteiger partial charge on any atom is -0.495 e. The molecule has 9 heteroatoms. The van der Waals surface area contributed by atoms with E-state index in [2.05, 4.69) is 10.2 Å². The predicted octanol–water partition coefficient (Wildman–Crippen LogP) is 4.77. The maximum Gasteiger partial charge on any atom is 0.178 e. The van der Waals surface area contributed by atoms with E-state index in [4.69, 9.17) is 16.3 Å². The molecule has 6 nitrogen and oxygen atoms in total. The van der Waals surface area contributed by atoms with Gasteiger partial charge in [0.1, 0.15) is 11.5 Å². The number of hydrogen-bond donors (Lipinski definition) is 0. The van der Waals surface area contributed by atoms with Crippen LogP contribution in [0.4, 0.5) is 0 Å². The Hall–Kier alpha value is -2.68. The van der Waals surface area contributed by atoms with E-state index in [1.54, 1.807) is 35.9 Å². The van der Waals surface area contributed by atoms with Crippen LogP contribution in [0.3, 0.4) is 0 Å². The van der Waals surface area contributed by atoms with E-state index >= 15 is 0 Å². The van der Waals surface area contributed by atoms with Crippen LogP contribution in [-0.4, -0.2) is 30.3 Å². The molecule has 2 aromatic heterocycles. The SMILES string of the molecule is COc1ccccc1-n1c(CS(=O)(=O)Cc2ccc(Cl)cc2)nnc1-c1cccs1. The maximum absolute atomic E-state index is 12.9. The van der Waals surface area contributed by atoms with E-state index in [1.807, 2.05) is 41.8 Å². The van der Waals surface area contributed by atoms with Crippen LogP contribution in [0.15, 0.2) is 66.0 Å². The Balaban J connectivity index is 1.76. The van der Waals surface area contributed by atoms with Crippen LogP contribution in [-0.2, 0) is 21.3 Å². The number of sulfone groups is 1. The van der Waals surface area contributed by atoms with Gasteiger partial charge >= 0.3 is 0 Å². The standard InChI is InChI=1S/C21H18ClN3O3S2/c1-28-18-6-3-2-5-17(18)25-20(23-24-21(25)19-7-4-12-29-19)14-30(26,27)13-15-8-10-16(22)11-9-15/h2-12H,13-14H2,1H3. The number of aromatic nitrogens is 3. The summed E-state index contributed by atoms with van der Waals surface area (Å²) in [6.07, 6.45) is 0. The zero-order chi connectivity index (χ0) is 21.1. The molecule has 0 aliphatic rings. The number of thiophene rings is 1. The molecule has 30 heavy (non-hydrogen) atoms. The van der Waals surface area contributed by atoms with Crippen molar-refractivity contribution in [3.63, 3.8) is 0 Å². The lowest BCUT2D eigenvalue weighted by atomic mass is 10.2. The molecule has 0 fully saturated rings. The normalized spacial score (nSPS) is 11.5. The second-order valence-corrected chi connectivity index (χ2v) is 10.0. The van der Waals surface area contributed by atoms with Crippen LogP contribution in [0, 0.1) is 0 Å². The second-order valence-electron chi connectivity index (χ2n) is 6.58. The maximum atomic E-state index is 12.9. The van der Waals surface area contributed by atoms with Crippen molar-refractivity contribution >= 4 is 32.8 Å². The second kappa shape index (κ2) is 8.59. The van der Waals surface area contributed by atoms with Gasteiger partial charge in [0.25, 0.3) is 0 Å². The Morgan fingerprint density at radius 2 is 1.77 bits per heavy atom. The lowest BCUT2D eigenvalue weighted by Crippen LogP contribution is -2.13. The van der Waals surface area contributed by atoms with Crippen molar-refractivity contribution in [2.45, 2.75) is 11.5 Å². The summed E-state index contributed by atoms with van der Waals surface area (Å²) < 4.78 is 33.1. The van der Waals surface area contributed by atoms with Gasteiger partial charge in [-0.1, -0.05) is 41.9 Å². The van der Waals surface area contributed by atoms with Gasteiger partial charge in [-0.15, -0.1) is 21.5 Å². The molecule has 0 radical (unpaired) electrons. The van der Waals surface area contributed by atoms with Crippen molar-refractivity contribution in [3.8, 4) is 22.1 Å². The van der Waals surface area contributed by atoms with Gasteiger partial charge < -0.3 is 4.74 Å². The highest BCUT2D eigenvalue weighted by Gasteiger charge is 2.23. The summed E-state index contributed by atoms with van der Waals surface area (Å²) in [6, 6.07) is 18.0. The minimum absolute atomic E-state index is 0.114. The van der Waals surface area contributed by atoms with E-state index in [0.29, 0.717) is 33.7 Å². The van der Waals surface area contributed by atoms with Gasteiger partial charge in [0, 0.05) is 5.02 Å². The summed E-state index contributed by atoms with van der Waals surface area (Å²) in [6.45, 7) is 0. The van der Waals surface area contributed by atoms with Crippen LogP contribution in [0.25, 0.3) is 16.4 Å². The molecule has 2 aromatic carbocycles. The summed E-state index contributed by atoms with van der Waals surface area (Å²) >= 11 is 7.41. The highest BCUT2D eigenvalue weighted by atomic mass is 35.5. The van der Waals surface area contributed by atoms with Crippen molar-refractivity contribution < 1.29 is 13.2 Å². The fourth-order valence-electron chi connectivity index (χ4n) is 3.13. The van der Waals surface area contributed by atoms with Gasteiger partial charge in [-0.25, -0.2) is 8.42 Å². The summed E-state index contributed by atoms with van der Waals surface area (Å²) in [5.41, 5.74) is 1.35. The minimum atomic E-state index is -3.51. The fourth-order valence-corrected chi connectivity index (χ4v) is 5.33. The van der Waals surface area contributed by atoms with Crippen molar-refractivity contribution in [1.29, 1.82) is 0 Å². The molecule has 4 aromatic rings. The Morgan fingerprint density at radius 3 is 2.47 bits per heavy atom. The third kappa shape index (κ3) is 4.40. The zero-order valence-corrected chi connectivity index (χ0v) is 18.4. The van der Waals surface area contributed by atoms with E-state index < -0.39 is 9.84 Å². The smallest absolute Gasteiger partial charge is 0.178 e. The fraction of sp³-hybridized carbons (Fsp3) is 0.143. The molecule has 0 saturated heterocycles. The number of nitrogens with zero attached hydrogens (tertiary/aromatic N) is 3. The summed E-state index contributed by atoms with van der Waals surface area (Å²) in [7, 11) is -1.94. The Bertz CT molecular complexity index is 1250. The molecule has 0 spiro atoms. The largest absolute Gasteiger partial charge is 0.495 e. The molecule has 0 amide bonds. The number of para-hydroxylation sites is 2. The van der Waals surface area contributed by atoms with E-state index in [9.17, 15) is 8.42 Å². The van der Waals surface area contributed by atoms with Gasteiger partial charge in [0.2, 0.25) is 0 Å². The highest BCUT2D eigenvalue weighted by molar-refractivity contribution is 7.89. The van der Waals surface area contributed by atoms with Crippen LogP contribution in [0.5, 0.6) is 5.75 Å². The lowest BCUT2D eigenvalue weighted by molar-refractivity contribution is 0.412. The van der Waals surface area contributed by atoms with Gasteiger partial charge in [-0.3, -0.25) is 4.57 Å². The lowest BCUT2D eigenvalue weighted by Gasteiger charge is -2.13. The molecule has 2 heterocycles. The number of halogens is 1. The topological polar surface area (TPSA) is 74.1 Å². The van der Waals surface area contributed by atoms with Crippen molar-refractivity contribution in [3.05, 3.63) is 82.5 Å². The molecule has 0 atom stereocenters. The van der Waals surface area contributed by atoms with Crippen LogP contribution < -0.4 is 4.74 Å². The summed E-state index contributed by atoms with van der Waals surface area (Å²) in [5.74, 6) is 1.14. The highest BCUT2D eigenvalue weighted by Crippen LogP contribution is 2.31.